The summed E-state index contributed by atoms with van der Waals surface area (Å²) in [6.07, 6.45) is 0. The number of hydrogen-bond donors (Lipinski definition) is 0. The van der Waals surface area contributed by atoms with Crippen LogP contribution in [0.1, 0.15) is 30.5 Å². The summed E-state index contributed by atoms with van der Waals surface area (Å²) >= 11 is 0. The molecule has 0 unspecified atom stereocenters. The van der Waals surface area contributed by atoms with Crippen LogP contribution in [-0.4, -0.2) is 0 Å². The quantitative estimate of drug-likeness (QED) is 0.180. The van der Waals surface area contributed by atoms with Crippen LogP contribution in [0.3, 0.4) is 0 Å². The minimum atomic E-state index is -0.345. The van der Waals surface area contributed by atoms with Crippen molar-refractivity contribution in [3.8, 4) is 33.8 Å². The second kappa shape index (κ2) is 12.0. The van der Waals surface area contributed by atoms with Gasteiger partial charge >= 0.3 is 0 Å². The predicted octanol–water partition coefficient (Wildman–Crippen LogP) is 14.2. The number of ether oxygens (including phenoxy) is 1. The molecule has 8 aromatic rings. The van der Waals surface area contributed by atoms with Crippen LogP contribution in [-0.2, 0) is 5.41 Å². The number of hydrogen-bond acceptors (Lipinski definition) is 3. The lowest BCUT2D eigenvalue weighted by atomic mass is 9.72. The summed E-state index contributed by atoms with van der Waals surface area (Å²) in [5, 5.41) is 2.50. The van der Waals surface area contributed by atoms with Gasteiger partial charge in [0, 0.05) is 22.4 Å². The molecule has 0 spiro atoms. The van der Waals surface area contributed by atoms with Crippen LogP contribution in [0.5, 0.6) is 11.5 Å². The molecule has 53 heavy (non-hydrogen) atoms. The van der Waals surface area contributed by atoms with Crippen molar-refractivity contribution in [3.05, 3.63) is 193 Å². The molecule has 0 saturated heterocycles. The summed E-state index contributed by atoms with van der Waals surface area (Å²) < 4.78 is 6.60. The molecule has 10 rings (SSSR count). The Balaban J connectivity index is 1.19. The molecule has 0 amide bonds. The highest BCUT2D eigenvalue weighted by atomic mass is 16.5. The van der Waals surface area contributed by atoms with Crippen molar-refractivity contribution < 1.29 is 4.74 Å². The minimum Gasteiger partial charge on any atom is -0.453 e. The second-order valence-corrected chi connectivity index (χ2v) is 14.6. The number of para-hydroxylation sites is 2. The molecule has 0 saturated carbocycles. The molecular weight excluding hydrogens is 645 g/mol. The molecule has 0 aliphatic carbocycles. The Morgan fingerprint density at radius 3 is 1.89 bits per heavy atom. The van der Waals surface area contributed by atoms with Crippen molar-refractivity contribution in [2.24, 2.45) is 0 Å². The van der Waals surface area contributed by atoms with E-state index in [0.29, 0.717) is 0 Å². The Morgan fingerprint density at radius 2 is 1.11 bits per heavy atom. The van der Waals surface area contributed by atoms with E-state index in [1.165, 1.54) is 55.4 Å². The molecule has 3 nitrogen and oxygen atoms in total. The third-order valence-corrected chi connectivity index (χ3v) is 11.1. The van der Waals surface area contributed by atoms with Gasteiger partial charge in [-0.15, -0.1) is 0 Å². The van der Waals surface area contributed by atoms with Crippen LogP contribution in [0.2, 0.25) is 0 Å². The summed E-state index contributed by atoms with van der Waals surface area (Å²) in [6.45, 7) is 6.89. The lowest BCUT2D eigenvalue weighted by Gasteiger charge is -2.47. The van der Waals surface area contributed by atoms with Crippen LogP contribution in [0.4, 0.5) is 34.1 Å². The van der Waals surface area contributed by atoms with Gasteiger partial charge in [0.1, 0.15) is 0 Å². The highest BCUT2D eigenvalue weighted by molar-refractivity contribution is 5.99. The topological polar surface area (TPSA) is 15.7 Å². The van der Waals surface area contributed by atoms with Gasteiger partial charge in [-0.25, -0.2) is 0 Å². The van der Waals surface area contributed by atoms with Crippen LogP contribution in [0, 0.1) is 6.92 Å². The van der Waals surface area contributed by atoms with Gasteiger partial charge in [-0.3, -0.25) is 0 Å². The molecule has 0 aromatic heterocycles. The Bertz CT molecular complexity index is 2670. The molecular formula is C50H38N2O. The number of aryl methyl sites for hydroxylation is 1. The Morgan fingerprint density at radius 1 is 0.509 bits per heavy atom. The molecule has 8 aromatic carbocycles. The average Bonchev–Trinajstić information content (AvgIpc) is 3.20. The summed E-state index contributed by atoms with van der Waals surface area (Å²) in [4.78, 5) is 4.89. The number of anilines is 6. The zero-order valence-corrected chi connectivity index (χ0v) is 30.0. The van der Waals surface area contributed by atoms with E-state index in [0.717, 1.165) is 39.9 Å². The molecule has 0 bridgehead atoms. The predicted molar refractivity (Wildman–Crippen MR) is 221 cm³/mol. The first kappa shape index (κ1) is 31.2. The van der Waals surface area contributed by atoms with Crippen molar-refractivity contribution in [2.45, 2.75) is 26.2 Å². The van der Waals surface area contributed by atoms with E-state index in [2.05, 4.69) is 206 Å². The van der Waals surface area contributed by atoms with E-state index < -0.39 is 0 Å². The zero-order chi connectivity index (χ0) is 35.7. The molecule has 2 heterocycles. The number of rotatable bonds is 5. The lowest BCUT2D eigenvalue weighted by molar-refractivity contribution is 0.471. The van der Waals surface area contributed by atoms with E-state index in [9.17, 15) is 0 Å². The Labute approximate surface area is 311 Å². The fraction of sp³-hybridized carbons (Fsp3) is 0.0800. The molecule has 2 aliphatic rings. The lowest BCUT2D eigenvalue weighted by Crippen LogP contribution is -2.34. The normalized spacial score (nSPS) is 13.5. The van der Waals surface area contributed by atoms with Crippen molar-refractivity contribution in [1.29, 1.82) is 0 Å². The van der Waals surface area contributed by atoms with Gasteiger partial charge in [-0.2, -0.15) is 0 Å². The van der Waals surface area contributed by atoms with Crippen molar-refractivity contribution in [2.75, 3.05) is 9.80 Å². The van der Waals surface area contributed by atoms with Crippen molar-refractivity contribution in [1.82, 2.24) is 0 Å². The maximum absolute atomic E-state index is 6.60. The van der Waals surface area contributed by atoms with Crippen LogP contribution < -0.4 is 14.5 Å². The second-order valence-electron chi connectivity index (χ2n) is 14.6. The smallest absolute Gasteiger partial charge is 0.151 e. The molecule has 3 heteroatoms. The van der Waals surface area contributed by atoms with Gasteiger partial charge in [0.2, 0.25) is 0 Å². The molecule has 2 aliphatic heterocycles. The van der Waals surface area contributed by atoms with Crippen molar-refractivity contribution >= 4 is 44.9 Å². The zero-order valence-electron chi connectivity index (χ0n) is 30.0. The highest BCUT2D eigenvalue weighted by Crippen LogP contribution is 2.62. The number of nitrogens with zero attached hydrogens (tertiary/aromatic N) is 2. The Kier molecular flexibility index (Phi) is 7.06. The van der Waals surface area contributed by atoms with E-state index in [1.807, 2.05) is 0 Å². The maximum atomic E-state index is 6.60. The summed E-state index contributed by atoms with van der Waals surface area (Å²) in [7, 11) is 0. The van der Waals surface area contributed by atoms with Crippen LogP contribution >= 0.6 is 0 Å². The number of benzene rings is 8. The van der Waals surface area contributed by atoms with E-state index in [1.54, 1.807) is 0 Å². The maximum Gasteiger partial charge on any atom is 0.151 e. The van der Waals surface area contributed by atoms with Gasteiger partial charge in [-0.05, 0) is 99.6 Å². The fourth-order valence-electron chi connectivity index (χ4n) is 8.62. The van der Waals surface area contributed by atoms with Crippen LogP contribution in [0.25, 0.3) is 33.0 Å². The highest BCUT2D eigenvalue weighted by Gasteiger charge is 2.44. The average molecular weight is 683 g/mol. The Hall–Kier alpha value is -6.58. The van der Waals surface area contributed by atoms with E-state index >= 15 is 0 Å². The third kappa shape index (κ3) is 4.88. The first-order valence-electron chi connectivity index (χ1n) is 18.4. The summed E-state index contributed by atoms with van der Waals surface area (Å²) in [6, 6.07) is 63.5. The van der Waals surface area contributed by atoms with Crippen molar-refractivity contribution in [3.63, 3.8) is 0 Å². The molecule has 0 atom stereocenters. The van der Waals surface area contributed by atoms with E-state index in [-0.39, 0.29) is 5.41 Å². The monoisotopic (exact) mass is 682 g/mol. The van der Waals surface area contributed by atoms with Crippen LogP contribution in [0.15, 0.2) is 176 Å². The van der Waals surface area contributed by atoms with E-state index in [4.69, 9.17) is 4.74 Å². The third-order valence-electron chi connectivity index (χ3n) is 11.1. The standard InChI is InChI=1S/C50H38N2O/c1-33-13-9-23-45-48(33)52-44-22-12-21-43(47(44)50(2,3)42-20-11-24-46(53-45)49(42)52)51(38-29-25-35(26-30-38)34-14-5-4-6-15-34)39-31-27-37(28-32-39)41-19-10-17-36-16-7-8-18-40(36)41/h4-32H,1-3H3. The molecule has 0 fully saturated rings. The molecule has 254 valence electrons. The van der Waals surface area contributed by atoms with Gasteiger partial charge in [0.15, 0.2) is 11.5 Å². The number of fused-ring (bicyclic) bond motifs is 5. The SMILES string of the molecule is Cc1cccc2c1N1c3cccc(N(c4ccc(-c5ccccc5)cc4)c4ccc(-c5cccc6ccccc56)cc4)c3C(C)(C)c3cccc(c31)O2. The first-order chi connectivity index (χ1) is 26.0. The van der Waals surface area contributed by atoms with Gasteiger partial charge < -0.3 is 14.5 Å². The largest absolute Gasteiger partial charge is 0.453 e. The first-order valence-corrected chi connectivity index (χ1v) is 18.4. The van der Waals surface area contributed by atoms with Gasteiger partial charge in [0.25, 0.3) is 0 Å². The summed E-state index contributed by atoms with van der Waals surface area (Å²) in [5.41, 5.74) is 14.9. The summed E-state index contributed by atoms with van der Waals surface area (Å²) in [5.74, 6) is 1.77. The van der Waals surface area contributed by atoms with Gasteiger partial charge in [0.05, 0.1) is 22.7 Å². The molecule has 0 radical (unpaired) electrons. The molecule has 0 N–H and O–H groups in total. The fourth-order valence-corrected chi connectivity index (χ4v) is 8.62. The minimum absolute atomic E-state index is 0.345. The van der Waals surface area contributed by atoms with Gasteiger partial charge in [-0.1, -0.05) is 141 Å².